The number of nitrogens with one attached hydrogen (secondary N) is 1. The van der Waals surface area contributed by atoms with Gasteiger partial charge in [0, 0.05) is 54.5 Å². The molecule has 7 nitrogen and oxygen atoms in total. The summed E-state index contributed by atoms with van der Waals surface area (Å²) >= 11 is 0. The molecule has 0 amide bonds. The van der Waals surface area contributed by atoms with Gasteiger partial charge in [-0.3, -0.25) is 0 Å². The van der Waals surface area contributed by atoms with Crippen LogP contribution in [-0.2, 0) is 0 Å². The third kappa shape index (κ3) is 5.35. The molecule has 4 heterocycles. The predicted octanol–water partition coefficient (Wildman–Crippen LogP) is 5.45. The van der Waals surface area contributed by atoms with Crippen molar-refractivity contribution in [3.63, 3.8) is 0 Å². The van der Waals surface area contributed by atoms with Gasteiger partial charge in [-0.25, -0.2) is 9.99 Å². The maximum Gasteiger partial charge on any atom is 0.221 e. The van der Waals surface area contributed by atoms with E-state index < -0.39 is 0 Å². The Morgan fingerprint density at radius 2 is 1.97 bits per heavy atom. The van der Waals surface area contributed by atoms with E-state index >= 15 is 0 Å². The Balaban J connectivity index is 0.000000172. The van der Waals surface area contributed by atoms with Crippen LogP contribution in [0.15, 0.2) is 60.4 Å². The number of allylic oxidation sites excluding steroid dienone is 4. The molecule has 1 aliphatic carbocycles. The minimum atomic E-state index is 0.256. The molecule has 33 heavy (non-hydrogen) atoms. The van der Waals surface area contributed by atoms with Crippen molar-refractivity contribution in [1.82, 2.24) is 24.9 Å². The van der Waals surface area contributed by atoms with E-state index in [1.807, 2.05) is 31.5 Å². The van der Waals surface area contributed by atoms with Crippen LogP contribution >= 0.6 is 0 Å². The molecular formula is C26H35N7. The molecule has 0 aromatic carbocycles. The highest BCUT2D eigenvalue weighted by molar-refractivity contribution is 5.94. The fraction of sp³-hybridized carbons (Fsp3) is 0.423. The molecule has 5 rings (SSSR count). The van der Waals surface area contributed by atoms with Gasteiger partial charge < -0.3 is 15.6 Å². The first-order valence-electron chi connectivity index (χ1n) is 12.0. The molecule has 1 saturated carbocycles. The summed E-state index contributed by atoms with van der Waals surface area (Å²) in [5.41, 5.74) is 10.6. The van der Waals surface area contributed by atoms with Crippen LogP contribution in [-0.4, -0.2) is 44.2 Å². The zero-order valence-electron chi connectivity index (χ0n) is 19.6. The number of hydrogen-bond acceptors (Lipinski definition) is 6. The monoisotopic (exact) mass is 445 g/mol. The third-order valence-electron chi connectivity index (χ3n) is 6.60. The van der Waals surface area contributed by atoms with E-state index in [0.29, 0.717) is 0 Å². The van der Waals surface area contributed by atoms with Crippen LogP contribution in [0.4, 0.5) is 5.95 Å². The largest absolute Gasteiger partial charge is 0.375 e. The van der Waals surface area contributed by atoms with E-state index in [9.17, 15) is 0 Å². The second kappa shape index (κ2) is 10.5. The summed E-state index contributed by atoms with van der Waals surface area (Å²) in [7, 11) is 0. The fourth-order valence-corrected chi connectivity index (χ4v) is 4.80. The Morgan fingerprint density at radius 1 is 1.21 bits per heavy atom. The van der Waals surface area contributed by atoms with Gasteiger partial charge >= 0.3 is 0 Å². The quantitative estimate of drug-likeness (QED) is 0.611. The lowest BCUT2D eigenvalue weighted by molar-refractivity contribution is 0.305. The third-order valence-corrected chi connectivity index (χ3v) is 6.60. The van der Waals surface area contributed by atoms with Crippen molar-refractivity contribution in [1.29, 1.82) is 0 Å². The number of hydrazone groups is 1. The molecule has 2 aromatic heterocycles. The van der Waals surface area contributed by atoms with Crippen molar-refractivity contribution in [2.45, 2.75) is 51.9 Å². The van der Waals surface area contributed by atoms with Crippen LogP contribution in [0, 0.1) is 5.92 Å². The number of nitrogens with two attached hydrogens (primary N) is 1. The Morgan fingerprint density at radius 3 is 2.67 bits per heavy atom. The molecule has 2 aliphatic heterocycles. The molecule has 174 valence electrons. The molecule has 0 radical (unpaired) electrons. The maximum atomic E-state index is 5.58. The number of likely N-dealkylation sites (tertiary alicyclic amines) is 1. The number of H-pyrrole nitrogens is 1. The highest BCUT2D eigenvalue weighted by Gasteiger charge is 2.22. The van der Waals surface area contributed by atoms with Gasteiger partial charge in [-0.05, 0) is 56.3 Å². The standard InChI is InChI=1S/C14H14N6.C12H21N/c1-3-18-20-5-4-10(6-9(20)2)11-7-16-13-12(11)8-17-14(15)19-13;1-11(13-9-5-6-10-13)12-7-3-2-4-8-12/h3-8H,2H2,1H3,(H3,15,16,17,19);12H,1-10H2/b18-3-;. The zero-order chi connectivity index (χ0) is 23.2. The van der Waals surface area contributed by atoms with Crippen molar-refractivity contribution in [2.75, 3.05) is 18.8 Å². The zero-order valence-corrected chi connectivity index (χ0v) is 19.6. The van der Waals surface area contributed by atoms with Crippen molar-refractivity contribution < 1.29 is 0 Å². The number of rotatable bonds is 4. The number of aromatic amines is 1. The van der Waals surface area contributed by atoms with Gasteiger partial charge in [-0.2, -0.15) is 10.1 Å². The average Bonchev–Trinajstić information content (AvgIpc) is 3.51. The average molecular weight is 446 g/mol. The van der Waals surface area contributed by atoms with Crippen molar-refractivity contribution in [2.24, 2.45) is 11.0 Å². The van der Waals surface area contributed by atoms with E-state index in [-0.39, 0.29) is 5.95 Å². The number of nitrogens with zero attached hydrogens (tertiary/aromatic N) is 5. The molecule has 0 atom stereocenters. The van der Waals surface area contributed by atoms with Gasteiger partial charge in [-0.15, -0.1) is 0 Å². The summed E-state index contributed by atoms with van der Waals surface area (Å²) in [6.07, 6.45) is 21.0. The highest BCUT2D eigenvalue weighted by atomic mass is 15.4. The molecule has 0 spiro atoms. The van der Waals surface area contributed by atoms with Gasteiger partial charge in [0.15, 0.2) is 0 Å². The van der Waals surface area contributed by atoms with Crippen LogP contribution in [0.2, 0.25) is 0 Å². The summed E-state index contributed by atoms with van der Waals surface area (Å²) < 4.78 is 0. The minimum Gasteiger partial charge on any atom is -0.375 e. The van der Waals surface area contributed by atoms with E-state index in [1.165, 1.54) is 63.7 Å². The lowest BCUT2D eigenvalue weighted by Gasteiger charge is -2.30. The topological polar surface area (TPSA) is 86.4 Å². The van der Waals surface area contributed by atoms with Crippen molar-refractivity contribution in [3.8, 4) is 0 Å². The first-order valence-corrected chi connectivity index (χ1v) is 12.0. The van der Waals surface area contributed by atoms with Crippen molar-refractivity contribution >= 4 is 28.8 Å². The molecule has 2 fully saturated rings. The van der Waals surface area contributed by atoms with Gasteiger partial charge in [0.1, 0.15) is 5.65 Å². The van der Waals surface area contributed by atoms with Crippen LogP contribution < -0.4 is 5.73 Å². The molecule has 7 heteroatoms. The Labute approximate surface area is 196 Å². The van der Waals surface area contributed by atoms with Gasteiger partial charge in [-0.1, -0.05) is 32.4 Å². The van der Waals surface area contributed by atoms with Crippen LogP contribution in [0.25, 0.3) is 16.6 Å². The van der Waals surface area contributed by atoms with Crippen molar-refractivity contribution in [3.05, 3.63) is 60.9 Å². The summed E-state index contributed by atoms with van der Waals surface area (Å²) in [5.74, 6) is 1.08. The lowest BCUT2D eigenvalue weighted by Crippen LogP contribution is -2.24. The molecule has 2 aromatic rings. The molecule has 3 aliphatic rings. The molecule has 1 saturated heterocycles. The van der Waals surface area contributed by atoms with Crippen LogP contribution in [0.1, 0.15) is 57.4 Å². The summed E-state index contributed by atoms with van der Waals surface area (Å²) in [5, 5.41) is 6.82. The first kappa shape index (κ1) is 22.8. The van der Waals surface area contributed by atoms with E-state index in [4.69, 9.17) is 5.73 Å². The van der Waals surface area contributed by atoms with Gasteiger partial charge in [0.05, 0.1) is 5.70 Å². The summed E-state index contributed by atoms with van der Waals surface area (Å²) in [6.45, 7) is 12.7. The van der Waals surface area contributed by atoms with Gasteiger partial charge in [0.25, 0.3) is 0 Å². The normalized spacial score (nSPS) is 19.2. The Hall–Kier alpha value is -3.35. The second-order valence-corrected chi connectivity index (χ2v) is 8.84. The number of aromatic nitrogens is 3. The van der Waals surface area contributed by atoms with Gasteiger partial charge in [0.2, 0.25) is 5.95 Å². The highest BCUT2D eigenvalue weighted by Crippen LogP contribution is 2.32. The predicted molar refractivity (Wildman–Crippen MR) is 137 cm³/mol. The lowest BCUT2D eigenvalue weighted by atomic mass is 9.87. The smallest absolute Gasteiger partial charge is 0.221 e. The van der Waals surface area contributed by atoms with Crippen LogP contribution in [0.3, 0.4) is 0 Å². The SMILES string of the molecule is C=C(C1CCCCC1)N1CCCC1.C=C1C=C(c2c[nH]c3nc(N)ncc23)C=CN1/N=C\C. The van der Waals surface area contributed by atoms with E-state index in [1.54, 1.807) is 17.4 Å². The molecule has 3 N–H and O–H groups in total. The number of anilines is 1. The van der Waals surface area contributed by atoms with Crippen LogP contribution in [0.5, 0.6) is 0 Å². The maximum absolute atomic E-state index is 5.58. The number of hydrogen-bond donors (Lipinski definition) is 2. The summed E-state index contributed by atoms with van der Waals surface area (Å²) in [4.78, 5) is 13.8. The molecule has 0 unspecified atom stereocenters. The Bertz CT molecular complexity index is 1080. The molecular weight excluding hydrogens is 410 g/mol. The fourth-order valence-electron chi connectivity index (χ4n) is 4.80. The Kier molecular flexibility index (Phi) is 7.27. The molecule has 0 bridgehead atoms. The number of fused-ring (bicyclic) bond motifs is 1. The van der Waals surface area contributed by atoms with E-state index in [0.717, 1.165) is 33.8 Å². The first-order chi connectivity index (χ1) is 16.1. The minimum absolute atomic E-state index is 0.256. The van der Waals surface area contributed by atoms with E-state index in [2.05, 4.69) is 38.1 Å². The number of nitrogen functional groups attached to an aromatic ring is 1. The second-order valence-electron chi connectivity index (χ2n) is 8.84. The summed E-state index contributed by atoms with van der Waals surface area (Å²) in [6, 6.07) is 0.